The zero-order valence-electron chi connectivity index (χ0n) is 28.0. The Labute approximate surface area is 300 Å². The Morgan fingerprint density at radius 2 is 0.712 bits per heavy atom. The third kappa shape index (κ3) is 4.96. The molecule has 244 valence electrons. The highest BCUT2D eigenvalue weighted by Crippen LogP contribution is 2.36. The molecule has 0 saturated heterocycles. The van der Waals surface area contributed by atoms with Crippen molar-refractivity contribution in [2.24, 2.45) is 0 Å². The summed E-state index contributed by atoms with van der Waals surface area (Å²) in [6.07, 6.45) is 3.54. The lowest BCUT2D eigenvalue weighted by Crippen LogP contribution is -1.98. The number of benzene rings is 7. The van der Waals surface area contributed by atoms with Crippen molar-refractivity contribution in [2.45, 2.75) is 0 Å². The standard InChI is InChI=1S/C46H30N6/c1-3-11-33(12-4-1)45-49-39-15-7-9-17-41(39)51(45)35-23-19-31(20-24-35)37-27-28-38(44-43(37)47-29-30-48-44)32-21-25-36(26-22-32)52-42-18-10-8-16-40(42)50-46(52)34-13-5-2-6-14-34/h1-30H. The van der Waals surface area contributed by atoms with Gasteiger partial charge >= 0.3 is 0 Å². The lowest BCUT2D eigenvalue weighted by molar-refractivity contribution is 1.10. The lowest BCUT2D eigenvalue weighted by atomic mass is 9.97. The van der Waals surface area contributed by atoms with Gasteiger partial charge in [0, 0.05) is 46.0 Å². The van der Waals surface area contributed by atoms with Crippen molar-refractivity contribution >= 4 is 33.1 Å². The molecule has 0 aliphatic carbocycles. The minimum absolute atomic E-state index is 0.863. The van der Waals surface area contributed by atoms with E-state index in [1.807, 2.05) is 24.3 Å². The zero-order chi connectivity index (χ0) is 34.4. The molecule has 6 nitrogen and oxygen atoms in total. The highest BCUT2D eigenvalue weighted by Gasteiger charge is 2.17. The molecule has 3 aromatic heterocycles. The van der Waals surface area contributed by atoms with Crippen molar-refractivity contribution < 1.29 is 0 Å². The highest BCUT2D eigenvalue weighted by molar-refractivity contribution is 6.00. The van der Waals surface area contributed by atoms with Crippen LogP contribution in [0.15, 0.2) is 182 Å². The average molecular weight is 667 g/mol. The number of rotatable bonds is 6. The van der Waals surface area contributed by atoms with Crippen LogP contribution in [0.1, 0.15) is 0 Å². The largest absolute Gasteiger partial charge is 0.292 e. The summed E-state index contributed by atoms with van der Waals surface area (Å²) >= 11 is 0. The van der Waals surface area contributed by atoms with E-state index in [1.54, 1.807) is 12.4 Å². The number of hydrogen-bond acceptors (Lipinski definition) is 4. The molecular formula is C46H30N6. The molecule has 0 atom stereocenters. The fourth-order valence-corrected chi connectivity index (χ4v) is 7.24. The molecule has 52 heavy (non-hydrogen) atoms. The Bertz CT molecular complexity index is 2670. The maximum Gasteiger partial charge on any atom is 0.145 e. The highest BCUT2D eigenvalue weighted by atomic mass is 15.1. The molecule has 0 aliphatic heterocycles. The van der Waals surface area contributed by atoms with Gasteiger partial charge in [0.2, 0.25) is 0 Å². The number of imidazole rings is 2. The van der Waals surface area contributed by atoms with Crippen molar-refractivity contribution in [3.63, 3.8) is 0 Å². The lowest BCUT2D eigenvalue weighted by Gasteiger charge is -2.14. The van der Waals surface area contributed by atoms with Crippen molar-refractivity contribution in [3.8, 4) is 56.4 Å². The van der Waals surface area contributed by atoms with Crippen LogP contribution in [0.2, 0.25) is 0 Å². The molecule has 0 N–H and O–H groups in total. The second-order valence-electron chi connectivity index (χ2n) is 12.8. The molecule has 10 aromatic rings. The van der Waals surface area contributed by atoms with Gasteiger partial charge in [0.15, 0.2) is 0 Å². The Morgan fingerprint density at radius 3 is 1.13 bits per heavy atom. The van der Waals surface area contributed by atoms with Gasteiger partial charge in [0.05, 0.1) is 33.1 Å². The molecule has 6 heteroatoms. The predicted octanol–water partition coefficient (Wildman–Crippen LogP) is 11.0. The molecule has 0 bridgehead atoms. The first kappa shape index (κ1) is 29.7. The summed E-state index contributed by atoms with van der Waals surface area (Å²) in [4.78, 5) is 19.7. The quantitative estimate of drug-likeness (QED) is 0.177. The van der Waals surface area contributed by atoms with E-state index in [9.17, 15) is 0 Å². The van der Waals surface area contributed by atoms with Gasteiger partial charge < -0.3 is 0 Å². The monoisotopic (exact) mass is 666 g/mol. The molecule has 3 heterocycles. The number of fused-ring (bicyclic) bond motifs is 3. The van der Waals surface area contributed by atoms with Crippen LogP contribution in [0.4, 0.5) is 0 Å². The summed E-state index contributed by atoms with van der Waals surface area (Å²) in [6.45, 7) is 0. The van der Waals surface area contributed by atoms with E-state index in [0.717, 1.165) is 89.5 Å². The van der Waals surface area contributed by atoms with Gasteiger partial charge in [-0.15, -0.1) is 0 Å². The first-order valence-corrected chi connectivity index (χ1v) is 17.3. The van der Waals surface area contributed by atoms with E-state index < -0.39 is 0 Å². The van der Waals surface area contributed by atoms with Crippen LogP contribution in [0.3, 0.4) is 0 Å². The molecule has 0 unspecified atom stereocenters. The van der Waals surface area contributed by atoms with Gasteiger partial charge in [-0.25, -0.2) is 9.97 Å². The first-order chi connectivity index (χ1) is 25.8. The van der Waals surface area contributed by atoms with Gasteiger partial charge in [0.1, 0.15) is 11.6 Å². The fourth-order valence-electron chi connectivity index (χ4n) is 7.24. The summed E-state index contributed by atoms with van der Waals surface area (Å²) in [5.41, 5.74) is 14.2. The minimum Gasteiger partial charge on any atom is -0.292 e. The third-order valence-electron chi connectivity index (χ3n) is 9.68. The van der Waals surface area contributed by atoms with Crippen LogP contribution >= 0.6 is 0 Å². The second-order valence-corrected chi connectivity index (χ2v) is 12.8. The smallest absolute Gasteiger partial charge is 0.145 e. The topological polar surface area (TPSA) is 61.4 Å². The molecule has 7 aromatic carbocycles. The average Bonchev–Trinajstić information content (AvgIpc) is 3.81. The molecule has 0 spiro atoms. The Morgan fingerprint density at radius 1 is 0.327 bits per heavy atom. The van der Waals surface area contributed by atoms with Crippen molar-refractivity contribution in [3.05, 3.63) is 182 Å². The van der Waals surface area contributed by atoms with Gasteiger partial charge in [0.25, 0.3) is 0 Å². The minimum atomic E-state index is 0.863. The van der Waals surface area contributed by atoms with Crippen molar-refractivity contribution in [2.75, 3.05) is 0 Å². The van der Waals surface area contributed by atoms with Gasteiger partial charge in [-0.1, -0.05) is 121 Å². The zero-order valence-corrected chi connectivity index (χ0v) is 28.0. The molecule has 0 amide bonds. The summed E-state index contributed by atoms with van der Waals surface area (Å²) in [6, 6.07) is 58.9. The van der Waals surface area contributed by atoms with Gasteiger partial charge in [-0.05, 0) is 59.7 Å². The molecule has 0 saturated carbocycles. The summed E-state index contributed by atoms with van der Waals surface area (Å²) in [5.74, 6) is 1.83. The third-order valence-corrected chi connectivity index (χ3v) is 9.68. The molecule has 0 fully saturated rings. The Hall–Kier alpha value is -7.18. The number of aromatic nitrogens is 6. The second kappa shape index (κ2) is 12.3. The van der Waals surface area contributed by atoms with E-state index in [1.165, 1.54) is 0 Å². The number of hydrogen-bond donors (Lipinski definition) is 0. The fraction of sp³-hybridized carbons (Fsp3) is 0. The maximum atomic E-state index is 5.01. The maximum absolute atomic E-state index is 5.01. The molecule has 10 rings (SSSR count). The SMILES string of the molecule is c1ccc(-c2nc3ccccc3n2-c2ccc(-c3ccc(-c4ccc(-n5c(-c6ccccc6)nc6ccccc65)cc4)c4nccnc34)cc2)cc1. The van der Waals surface area contributed by atoms with Crippen molar-refractivity contribution in [1.82, 2.24) is 29.1 Å². The Kier molecular flexibility index (Phi) is 7.03. The van der Waals surface area contributed by atoms with Gasteiger partial charge in [-0.2, -0.15) is 0 Å². The molecule has 0 aliphatic rings. The van der Waals surface area contributed by atoms with E-state index in [-0.39, 0.29) is 0 Å². The summed E-state index contributed by atoms with van der Waals surface area (Å²) in [5, 5.41) is 0. The number of nitrogens with zero attached hydrogens (tertiary/aromatic N) is 6. The summed E-state index contributed by atoms with van der Waals surface area (Å²) in [7, 11) is 0. The van der Waals surface area contributed by atoms with Crippen LogP contribution in [0.5, 0.6) is 0 Å². The van der Waals surface area contributed by atoms with Crippen LogP contribution in [-0.2, 0) is 0 Å². The van der Waals surface area contributed by atoms with Crippen LogP contribution in [-0.4, -0.2) is 29.1 Å². The van der Waals surface area contributed by atoms with E-state index in [0.29, 0.717) is 0 Å². The predicted molar refractivity (Wildman–Crippen MR) is 211 cm³/mol. The Balaban J connectivity index is 1.03. The van der Waals surface area contributed by atoms with Crippen molar-refractivity contribution in [1.29, 1.82) is 0 Å². The van der Waals surface area contributed by atoms with Crippen LogP contribution in [0.25, 0.3) is 89.5 Å². The van der Waals surface area contributed by atoms with E-state index in [4.69, 9.17) is 19.9 Å². The van der Waals surface area contributed by atoms with E-state index >= 15 is 0 Å². The first-order valence-electron chi connectivity index (χ1n) is 17.3. The number of para-hydroxylation sites is 4. The summed E-state index contributed by atoms with van der Waals surface area (Å²) < 4.78 is 4.46. The van der Waals surface area contributed by atoms with Crippen LogP contribution in [0, 0.1) is 0 Å². The van der Waals surface area contributed by atoms with Crippen LogP contribution < -0.4 is 0 Å². The normalized spacial score (nSPS) is 11.5. The van der Waals surface area contributed by atoms with E-state index in [2.05, 4.69) is 155 Å². The molecular weight excluding hydrogens is 637 g/mol. The van der Waals surface area contributed by atoms with Gasteiger partial charge in [-0.3, -0.25) is 19.1 Å². The molecule has 0 radical (unpaired) electrons.